The number of fused-ring (bicyclic) bond motifs is 1. The highest BCUT2D eigenvalue weighted by molar-refractivity contribution is 5.83. The van der Waals surface area contributed by atoms with Crippen molar-refractivity contribution in [3.05, 3.63) is 95.2 Å². The number of aromatic nitrogens is 2. The van der Waals surface area contributed by atoms with E-state index in [0.717, 1.165) is 66.4 Å². The van der Waals surface area contributed by atoms with E-state index in [1.807, 2.05) is 42.5 Å². The zero-order chi connectivity index (χ0) is 28.3. The summed E-state index contributed by atoms with van der Waals surface area (Å²) in [6.07, 6.45) is 11.1. The van der Waals surface area contributed by atoms with Gasteiger partial charge in [-0.15, -0.1) is 0 Å². The summed E-state index contributed by atoms with van der Waals surface area (Å²) in [7, 11) is 0. The van der Waals surface area contributed by atoms with Gasteiger partial charge in [-0.25, -0.2) is 9.37 Å². The van der Waals surface area contributed by atoms with Crippen molar-refractivity contribution in [3.63, 3.8) is 0 Å². The number of aliphatic imine (C=N–C) groups is 1. The summed E-state index contributed by atoms with van der Waals surface area (Å²) in [6, 6.07) is 12.6. The number of hydrogen-bond acceptors (Lipinski definition) is 5. The summed E-state index contributed by atoms with van der Waals surface area (Å²) in [5, 5.41) is 2.71. The van der Waals surface area contributed by atoms with Crippen molar-refractivity contribution in [2.75, 3.05) is 25.0 Å². The fourth-order valence-electron chi connectivity index (χ4n) is 4.86. The highest BCUT2D eigenvalue weighted by Crippen LogP contribution is 2.25. The normalized spacial score (nSPS) is 15.4. The molecule has 2 aromatic carbocycles. The molecular weight excluding hydrogens is 505 g/mol. The van der Waals surface area contributed by atoms with Gasteiger partial charge in [-0.1, -0.05) is 43.4 Å². The van der Waals surface area contributed by atoms with Crippen molar-refractivity contribution in [2.24, 2.45) is 4.99 Å². The molecule has 3 aromatic rings. The first kappa shape index (κ1) is 29.1. The molecule has 1 atom stereocenters. The SMILES string of the molecule is C=N/C(=C\C=C/Cc1ccccc1F)C1=CCN(Cc2nc3cc(NC=O)ccc3n2CC(C)OCCC)CC1. The van der Waals surface area contributed by atoms with Crippen molar-refractivity contribution >= 4 is 29.8 Å². The van der Waals surface area contributed by atoms with Gasteiger partial charge in [0.25, 0.3) is 0 Å². The Kier molecular flexibility index (Phi) is 10.5. The lowest BCUT2D eigenvalue weighted by Crippen LogP contribution is -2.30. The molecule has 0 saturated heterocycles. The molecule has 0 aliphatic carbocycles. The van der Waals surface area contributed by atoms with Crippen LogP contribution in [0.5, 0.6) is 0 Å². The minimum Gasteiger partial charge on any atom is -0.377 e. The molecule has 40 heavy (non-hydrogen) atoms. The maximum absolute atomic E-state index is 13.9. The van der Waals surface area contributed by atoms with Crippen LogP contribution in [0.25, 0.3) is 11.0 Å². The Hall–Kier alpha value is -3.88. The first-order valence-electron chi connectivity index (χ1n) is 13.8. The fourth-order valence-corrected chi connectivity index (χ4v) is 4.86. The van der Waals surface area contributed by atoms with Crippen LogP contribution in [-0.4, -0.2) is 53.4 Å². The molecule has 1 amide bonds. The van der Waals surface area contributed by atoms with Crippen LogP contribution in [0.15, 0.2) is 83.0 Å². The lowest BCUT2D eigenvalue weighted by Gasteiger charge is -2.26. The summed E-state index contributed by atoms with van der Waals surface area (Å²) in [6.45, 7) is 11.7. The van der Waals surface area contributed by atoms with Gasteiger partial charge in [-0.2, -0.15) is 0 Å². The van der Waals surface area contributed by atoms with E-state index in [2.05, 4.69) is 46.4 Å². The third kappa shape index (κ3) is 7.61. The zero-order valence-corrected chi connectivity index (χ0v) is 23.4. The Morgan fingerprint density at radius 2 is 2.15 bits per heavy atom. The maximum Gasteiger partial charge on any atom is 0.211 e. The largest absolute Gasteiger partial charge is 0.377 e. The molecule has 4 rings (SSSR count). The number of benzene rings is 2. The number of carbonyl (C=O) groups is 1. The van der Waals surface area contributed by atoms with Gasteiger partial charge in [-0.05, 0) is 74.4 Å². The molecule has 1 aliphatic rings. The standard InChI is InChI=1S/C32H38FN5O2/c1-4-19-40-24(2)21-38-31-14-13-27(35-23-39)20-30(31)36-32(38)22-37-17-15-26(16-18-37)29(34-3)12-8-6-10-25-9-5-7-11-28(25)33/h5-9,11-15,20,23-24H,3-4,10,16-19,21-22H2,1-2H3,(H,35,39)/b8-6-,29-12-. The molecule has 0 bridgehead atoms. The molecule has 210 valence electrons. The number of carbonyl (C=O) groups excluding carboxylic acids is 1. The van der Waals surface area contributed by atoms with E-state index in [1.165, 1.54) is 6.07 Å². The first-order chi connectivity index (χ1) is 19.5. The lowest BCUT2D eigenvalue weighted by atomic mass is 10.0. The summed E-state index contributed by atoms with van der Waals surface area (Å²) < 4.78 is 22.1. The van der Waals surface area contributed by atoms with Crippen molar-refractivity contribution in [3.8, 4) is 0 Å². The maximum atomic E-state index is 13.9. The molecular formula is C32H38FN5O2. The number of nitrogens with zero attached hydrogens (tertiary/aromatic N) is 4. The Morgan fingerprint density at radius 1 is 1.30 bits per heavy atom. The van der Waals surface area contributed by atoms with E-state index >= 15 is 0 Å². The zero-order valence-electron chi connectivity index (χ0n) is 23.4. The lowest BCUT2D eigenvalue weighted by molar-refractivity contribution is -0.105. The Balaban J connectivity index is 1.46. The van der Waals surface area contributed by atoms with Crippen molar-refractivity contribution < 1.29 is 13.9 Å². The van der Waals surface area contributed by atoms with Crippen LogP contribution in [0.1, 0.15) is 38.1 Å². The summed E-state index contributed by atoms with van der Waals surface area (Å²) in [4.78, 5) is 22.5. The van der Waals surface area contributed by atoms with Crippen LogP contribution < -0.4 is 5.32 Å². The minimum atomic E-state index is -0.192. The van der Waals surface area contributed by atoms with Crippen molar-refractivity contribution in [1.82, 2.24) is 14.5 Å². The second kappa shape index (κ2) is 14.5. The van der Waals surface area contributed by atoms with E-state index in [9.17, 15) is 9.18 Å². The number of halogens is 1. The van der Waals surface area contributed by atoms with Crippen LogP contribution in [0.2, 0.25) is 0 Å². The summed E-state index contributed by atoms with van der Waals surface area (Å²) in [5.74, 6) is 0.776. The van der Waals surface area contributed by atoms with Gasteiger partial charge in [0.15, 0.2) is 0 Å². The van der Waals surface area contributed by atoms with E-state index in [4.69, 9.17) is 9.72 Å². The molecule has 0 fully saturated rings. The molecule has 0 radical (unpaired) electrons. The number of hydrogen-bond donors (Lipinski definition) is 1. The third-order valence-electron chi connectivity index (χ3n) is 6.94. The van der Waals surface area contributed by atoms with Gasteiger partial charge in [0.2, 0.25) is 6.41 Å². The number of rotatable bonds is 14. The summed E-state index contributed by atoms with van der Waals surface area (Å²) >= 11 is 0. The Morgan fingerprint density at radius 3 is 2.88 bits per heavy atom. The highest BCUT2D eigenvalue weighted by Gasteiger charge is 2.19. The number of allylic oxidation sites excluding steroid dienone is 4. The van der Waals surface area contributed by atoms with Gasteiger partial charge >= 0.3 is 0 Å². The molecule has 7 nitrogen and oxygen atoms in total. The van der Waals surface area contributed by atoms with E-state index in [-0.39, 0.29) is 11.9 Å². The summed E-state index contributed by atoms with van der Waals surface area (Å²) in [5.41, 5.74) is 5.26. The number of anilines is 1. The molecule has 1 aromatic heterocycles. The number of nitrogens with one attached hydrogen (secondary N) is 1. The van der Waals surface area contributed by atoms with Gasteiger partial charge < -0.3 is 14.6 Å². The molecule has 1 N–H and O–H groups in total. The smallest absolute Gasteiger partial charge is 0.211 e. The average Bonchev–Trinajstić information content (AvgIpc) is 3.29. The van der Waals surface area contributed by atoms with Crippen molar-refractivity contribution in [2.45, 2.75) is 52.3 Å². The average molecular weight is 544 g/mol. The van der Waals surface area contributed by atoms with E-state index in [0.29, 0.717) is 31.5 Å². The minimum absolute atomic E-state index is 0.0505. The fraction of sp³-hybridized carbons (Fsp3) is 0.344. The Bertz CT molecular complexity index is 1410. The number of imidazole rings is 1. The molecule has 0 spiro atoms. The quantitative estimate of drug-likeness (QED) is 0.152. The second-order valence-corrected chi connectivity index (χ2v) is 9.93. The van der Waals surface area contributed by atoms with Gasteiger partial charge in [0, 0.05) is 25.4 Å². The van der Waals surface area contributed by atoms with Gasteiger partial charge in [0.05, 0.1) is 35.9 Å². The molecule has 8 heteroatoms. The van der Waals surface area contributed by atoms with Crippen molar-refractivity contribution in [1.29, 1.82) is 0 Å². The monoisotopic (exact) mass is 543 g/mol. The second-order valence-electron chi connectivity index (χ2n) is 9.93. The van der Waals surface area contributed by atoms with E-state index < -0.39 is 0 Å². The molecule has 1 unspecified atom stereocenters. The molecule has 0 saturated carbocycles. The predicted molar refractivity (Wildman–Crippen MR) is 160 cm³/mol. The molecule has 2 heterocycles. The van der Waals surface area contributed by atoms with Crippen LogP contribution in [0.4, 0.5) is 10.1 Å². The van der Waals surface area contributed by atoms with Crippen LogP contribution in [0, 0.1) is 5.82 Å². The topological polar surface area (TPSA) is 71.8 Å². The van der Waals surface area contributed by atoms with Crippen LogP contribution >= 0.6 is 0 Å². The van der Waals surface area contributed by atoms with Crippen LogP contribution in [0.3, 0.4) is 0 Å². The molecule has 1 aliphatic heterocycles. The highest BCUT2D eigenvalue weighted by atomic mass is 19.1. The van der Waals surface area contributed by atoms with Gasteiger partial charge in [-0.3, -0.25) is 14.7 Å². The predicted octanol–water partition coefficient (Wildman–Crippen LogP) is 6.07. The van der Waals surface area contributed by atoms with Crippen LogP contribution in [-0.2, 0) is 29.0 Å². The number of ether oxygens (including phenoxy) is 1. The number of amides is 1. The van der Waals surface area contributed by atoms with E-state index in [1.54, 1.807) is 12.1 Å². The van der Waals surface area contributed by atoms with Gasteiger partial charge in [0.1, 0.15) is 11.6 Å². The first-order valence-corrected chi connectivity index (χ1v) is 13.8. The Labute approximate surface area is 235 Å². The third-order valence-corrected chi connectivity index (χ3v) is 6.94.